The molecule has 1 atom stereocenters. The minimum absolute atomic E-state index is 0.00386. The molecule has 0 aliphatic rings. The highest BCUT2D eigenvalue weighted by molar-refractivity contribution is 5.38. The Bertz CT molecular complexity index is 305. The van der Waals surface area contributed by atoms with Gasteiger partial charge in [-0.3, -0.25) is 0 Å². The highest BCUT2D eigenvalue weighted by Crippen LogP contribution is 2.21. The summed E-state index contributed by atoms with van der Waals surface area (Å²) < 4.78 is 0. The molecule has 0 aromatic heterocycles. The molecule has 1 unspecified atom stereocenters. The average molecular weight is 177 g/mol. The lowest BCUT2D eigenvalue weighted by molar-refractivity contribution is 0.469. The third-order valence-electron chi connectivity index (χ3n) is 1.99. The Labute approximate surface area is 78.7 Å². The summed E-state index contributed by atoms with van der Waals surface area (Å²) in [6, 6.07) is 5.44. The van der Waals surface area contributed by atoms with Crippen molar-refractivity contribution < 1.29 is 5.11 Å². The van der Waals surface area contributed by atoms with Crippen LogP contribution in [-0.2, 0) is 6.42 Å². The predicted octanol–water partition coefficient (Wildman–Crippen LogP) is 2.14. The van der Waals surface area contributed by atoms with Crippen molar-refractivity contribution >= 4 is 0 Å². The van der Waals surface area contributed by atoms with Gasteiger partial charge >= 0.3 is 0 Å². The lowest BCUT2D eigenvalue weighted by Crippen LogP contribution is -2.05. The number of allylic oxidation sites excluding steroid dienone is 1. The molecule has 0 radical (unpaired) electrons. The highest BCUT2D eigenvalue weighted by atomic mass is 16.3. The fraction of sp³-hybridized carbons (Fsp3) is 0.273. The Morgan fingerprint density at radius 1 is 1.62 bits per heavy atom. The first-order valence-electron chi connectivity index (χ1n) is 4.33. The third kappa shape index (κ3) is 2.33. The molecule has 70 valence electrons. The maximum absolute atomic E-state index is 9.46. The van der Waals surface area contributed by atoms with E-state index in [2.05, 4.69) is 6.58 Å². The number of phenols is 1. The minimum atomic E-state index is 0.00386. The largest absolute Gasteiger partial charge is 0.508 e. The van der Waals surface area contributed by atoms with Crippen LogP contribution in [0.4, 0.5) is 0 Å². The number of phenolic OH excluding ortho intramolecular Hbond substituents is 1. The zero-order valence-electron chi connectivity index (χ0n) is 7.83. The Morgan fingerprint density at radius 3 is 2.85 bits per heavy atom. The van der Waals surface area contributed by atoms with E-state index in [9.17, 15) is 5.11 Å². The van der Waals surface area contributed by atoms with Gasteiger partial charge in [0.2, 0.25) is 0 Å². The quantitative estimate of drug-likeness (QED) is 0.695. The fourth-order valence-electron chi connectivity index (χ4n) is 1.21. The number of hydrogen-bond donors (Lipinski definition) is 2. The second-order valence-electron chi connectivity index (χ2n) is 3.17. The molecule has 0 aliphatic heterocycles. The van der Waals surface area contributed by atoms with Gasteiger partial charge in [0.15, 0.2) is 0 Å². The smallest absolute Gasteiger partial charge is 0.119 e. The standard InChI is InChI=1S/C11H15NO/c1-3-4-10-7-9(8(2)12)5-6-11(10)13/h3,5-8,13H,1,4,12H2,2H3. The van der Waals surface area contributed by atoms with Crippen molar-refractivity contribution in [2.45, 2.75) is 19.4 Å². The molecule has 1 aromatic rings. The van der Waals surface area contributed by atoms with E-state index in [1.54, 1.807) is 12.1 Å². The number of nitrogens with two attached hydrogens (primary N) is 1. The minimum Gasteiger partial charge on any atom is -0.508 e. The van der Waals surface area contributed by atoms with Gasteiger partial charge < -0.3 is 10.8 Å². The van der Waals surface area contributed by atoms with Gasteiger partial charge in [0.25, 0.3) is 0 Å². The van der Waals surface area contributed by atoms with Crippen LogP contribution in [-0.4, -0.2) is 5.11 Å². The molecular weight excluding hydrogens is 162 g/mol. The summed E-state index contributed by atoms with van der Waals surface area (Å²) in [6.45, 7) is 5.55. The van der Waals surface area contributed by atoms with E-state index in [1.807, 2.05) is 19.1 Å². The van der Waals surface area contributed by atoms with Crippen LogP contribution in [0.1, 0.15) is 24.1 Å². The average Bonchev–Trinajstić information content (AvgIpc) is 2.08. The van der Waals surface area contributed by atoms with Gasteiger partial charge in [-0.05, 0) is 30.5 Å². The van der Waals surface area contributed by atoms with Gasteiger partial charge in [0.1, 0.15) is 5.75 Å². The van der Waals surface area contributed by atoms with Crippen LogP contribution in [0.3, 0.4) is 0 Å². The maximum atomic E-state index is 9.46. The fourth-order valence-corrected chi connectivity index (χ4v) is 1.21. The van der Waals surface area contributed by atoms with Gasteiger partial charge in [0.05, 0.1) is 0 Å². The van der Waals surface area contributed by atoms with Crippen LogP contribution in [0.5, 0.6) is 5.75 Å². The molecule has 0 fully saturated rings. The molecule has 0 aliphatic carbocycles. The van der Waals surface area contributed by atoms with Gasteiger partial charge in [0, 0.05) is 6.04 Å². The van der Waals surface area contributed by atoms with Crippen molar-refractivity contribution in [1.82, 2.24) is 0 Å². The van der Waals surface area contributed by atoms with Crippen molar-refractivity contribution in [3.8, 4) is 5.75 Å². The van der Waals surface area contributed by atoms with Crippen molar-refractivity contribution in [2.24, 2.45) is 5.73 Å². The number of benzene rings is 1. The van der Waals surface area contributed by atoms with Crippen LogP contribution >= 0.6 is 0 Å². The predicted molar refractivity (Wildman–Crippen MR) is 54.6 cm³/mol. The summed E-state index contributed by atoms with van der Waals surface area (Å²) in [7, 11) is 0. The van der Waals surface area contributed by atoms with Gasteiger partial charge in [-0.15, -0.1) is 6.58 Å². The first-order valence-corrected chi connectivity index (χ1v) is 4.33. The number of rotatable bonds is 3. The molecule has 0 heterocycles. The lowest BCUT2D eigenvalue weighted by Gasteiger charge is -2.08. The summed E-state index contributed by atoms with van der Waals surface area (Å²) in [5, 5.41) is 9.46. The molecule has 0 bridgehead atoms. The topological polar surface area (TPSA) is 46.2 Å². The number of hydrogen-bond acceptors (Lipinski definition) is 2. The summed E-state index contributed by atoms with van der Waals surface area (Å²) >= 11 is 0. The Hall–Kier alpha value is -1.28. The SMILES string of the molecule is C=CCc1cc(C(C)N)ccc1O. The van der Waals surface area contributed by atoms with Gasteiger partial charge in [-0.1, -0.05) is 18.2 Å². The van der Waals surface area contributed by atoms with E-state index in [4.69, 9.17) is 5.73 Å². The molecule has 1 aromatic carbocycles. The van der Waals surface area contributed by atoms with E-state index in [0.717, 1.165) is 11.1 Å². The Kier molecular flexibility index (Phi) is 3.09. The molecule has 3 N–H and O–H groups in total. The summed E-state index contributed by atoms with van der Waals surface area (Å²) in [6.07, 6.45) is 2.44. The molecule has 0 saturated carbocycles. The van der Waals surface area contributed by atoms with Gasteiger partial charge in [-0.25, -0.2) is 0 Å². The second kappa shape index (κ2) is 4.10. The van der Waals surface area contributed by atoms with Crippen LogP contribution in [0, 0.1) is 0 Å². The second-order valence-corrected chi connectivity index (χ2v) is 3.17. The van der Waals surface area contributed by atoms with Crippen LogP contribution in [0.15, 0.2) is 30.9 Å². The molecule has 0 saturated heterocycles. The Balaban J connectivity index is 3.03. The third-order valence-corrected chi connectivity index (χ3v) is 1.99. The maximum Gasteiger partial charge on any atom is 0.119 e. The van der Waals surface area contributed by atoms with Crippen LogP contribution in [0.2, 0.25) is 0 Å². The van der Waals surface area contributed by atoms with Crippen LogP contribution < -0.4 is 5.73 Å². The van der Waals surface area contributed by atoms with E-state index in [-0.39, 0.29) is 6.04 Å². The summed E-state index contributed by atoms with van der Waals surface area (Å²) in [5.74, 6) is 0.310. The molecule has 2 heteroatoms. The molecule has 13 heavy (non-hydrogen) atoms. The number of aromatic hydroxyl groups is 1. The Morgan fingerprint density at radius 2 is 2.31 bits per heavy atom. The van der Waals surface area contributed by atoms with E-state index >= 15 is 0 Å². The first kappa shape index (κ1) is 9.81. The monoisotopic (exact) mass is 177 g/mol. The zero-order valence-corrected chi connectivity index (χ0v) is 7.83. The van der Waals surface area contributed by atoms with Crippen molar-refractivity contribution in [3.05, 3.63) is 42.0 Å². The lowest BCUT2D eigenvalue weighted by atomic mass is 10.0. The first-order chi connectivity index (χ1) is 6.15. The molecule has 0 spiro atoms. The zero-order chi connectivity index (χ0) is 9.84. The highest BCUT2D eigenvalue weighted by Gasteiger charge is 2.03. The molecule has 2 nitrogen and oxygen atoms in total. The normalized spacial score (nSPS) is 12.5. The van der Waals surface area contributed by atoms with E-state index in [0.29, 0.717) is 12.2 Å². The van der Waals surface area contributed by atoms with E-state index < -0.39 is 0 Å². The van der Waals surface area contributed by atoms with Crippen LogP contribution in [0.25, 0.3) is 0 Å². The molecule has 1 rings (SSSR count). The van der Waals surface area contributed by atoms with Crippen molar-refractivity contribution in [2.75, 3.05) is 0 Å². The molecule has 0 amide bonds. The van der Waals surface area contributed by atoms with Gasteiger partial charge in [-0.2, -0.15) is 0 Å². The van der Waals surface area contributed by atoms with Crippen molar-refractivity contribution in [3.63, 3.8) is 0 Å². The summed E-state index contributed by atoms with van der Waals surface area (Å²) in [4.78, 5) is 0. The summed E-state index contributed by atoms with van der Waals surface area (Å²) in [5.41, 5.74) is 7.64. The molecular formula is C11H15NO. The van der Waals surface area contributed by atoms with Crippen molar-refractivity contribution in [1.29, 1.82) is 0 Å². The van der Waals surface area contributed by atoms with E-state index in [1.165, 1.54) is 0 Å².